The number of amides is 2. The van der Waals surface area contributed by atoms with E-state index in [0.29, 0.717) is 49.4 Å². The monoisotopic (exact) mass is 602 g/mol. The average molecular weight is 603 g/mol. The standard InChI is InChI=1S/C30H51BN6O6/c1-17(2)11-25(31-42-24-16-21-15-23(29(21,3)4)30(24,5)43-31)35-27(39)22(7-6-10-33-28(32)36-37(40)41)34-26(38)14-20-13-18-8-9-19(20)12-18/h17-25H,6-16H2,1-5H3,(H,34,38)(H,35,39)(H3,32,33,36)/t18?,19?,20?,21-,22+,23-,24-,25+,30+/m1/s1. The van der Waals surface area contributed by atoms with E-state index < -0.39 is 18.2 Å². The maximum Gasteiger partial charge on any atom is 0.481 e. The maximum absolute atomic E-state index is 13.8. The smallest absolute Gasteiger partial charge is 0.404 e. The molecule has 0 aromatic rings. The molecule has 6 rings (SSSR count). The van der Waals surface area contributed by atoms with Gasteiger partial charge in [-0.25, -0.2) is 15.1 Å². The van der Waals surface area contributed by atoms with Gasteiger partial charge in [0.2, 0.25) is 11.8 Å². The van der Waals surface area contributed by atoms with Crippen molar-refractivity contribution in [3.63, 3.8) is 0 Å². The van der Waals surface area contributed by atoms with Crippen molar-refractivity contribution in [2.45, 2.75) is 123 Å². The fourth-order valence-corrected chi connectivity index (χ4v) is 9.11. The van der Waals surface area contributed by atoms with Crippen LogP contribution in [-0.4, -0.2) is 60.2 Å². The molecule has 6 fully saturated rings. The summed E-state index contributed by atoms with van der Waals surface area (Å²) in [7, 11) is -0.556. The highest BCUT2D eigenvalue weighted by molar-refractivity contribution is 6.48. The van der Waals surface area contributed by atoms with Crippen molar-refractivity contribution in [1.82, 2.24) is 16.1 Å². The Balaban J connectivity index is 1.24. The van der Waals surface area contributed by atoms with Crippen molar-refractivity contribution >= 4 is 24.9 Å². The molecule has 0 radical (unpaired) electrons. The molecular weight excluding hydrogens is 551 g/mol. The van der Waals surface area contributed by atoms with Gasteiger partial charge in [-0.1, -0.05) is 39.5 Å². The van der Waals surface area contributed by atoms with Gasteiger partial charge in [-0.3, -0.25) is 9.59 Å². The van der Waals surface area contributed by atoms with E-state index in [1.807, 2.05) is 5.43 Å². The molecule has 0 aromatic carbocycles. The first kappa shape index (κ1) is 32.0. The first-order chi connectivity index (χ1) is 20.3. The van der Waals surface area contributed by atoms with Crippen molar-refractivity contribution in [3.8, 4) is 0 Å². The SMILES string of the molecule is CC(C)C[C@H](NC(=O)[C@H](CCCN=C(N)N[N+](=O)[O-])NC(=O)CC1CC2CCC1C2)B1O[C@@H]2C[C@H]3C[C@H](C3(C)C)[C@]2(C)O1. The summed E-state index contributed by atoms with van der Waals surface area (Å²) in [6.45, 7) is 11.2. The van der Waals surface area contributed by atoms with Crippen LogP contribution >= 0.6 is 0 Å². The lowest BCUT2D eigenvalue weighted by atomic mass is 9.43. The number of carbonyl (C=O) groups excluding carboxylic acids is 2. The number of nitrogens with two attached hydrogens (primary N) is 1. The fraction of sp³-hybridized carbons (Fsp3) is 0.900. The molecule has 6 aliphatic rings. The molecule has 1 saturated heterocycles. The Hall–Kier alpha value is -2.41. The van der Waals surface area contributed by atoms with E-state index in [1.165, 1.54) is 19.3 Å². The van der Waals surface area contributed by atoms with Crippen LogP contribution in [0, 0.1) is 51.0 Å². The minimum absolute atomic E-state index is 0.00850. The minimum atomic E-state index is -0.772. The molecule has 240 valence electrons. The molecule has 1 aliphatic heterocycles. The summed E-state index contributed by atoms with van der Waals surface area (Å²) in [6.07, 6.45) is 8.75. The number of aliphatic imine (C=N–C) groups is 1. The number of nitro groups is 1. The molecule has 5 aliphatic carbocycles. The van der Waals surface area contributed by atoms with Crippen LogP contribution in [0.25, 0.3) is 0 Å². The molecule has 3 unspecified atom stereocenters. The van der Waals surface area contributed by atoms with Crippen LogP contribution in [0.4, 0.5) is 0 Å². The lowest BCUT2D eigenvalue weighted by Crippen LogP contribution is -2.65. The summed E-state index contributed by atoms with van der Waals surface area (Å²) in [5.74, 6) is 2.03. The van der Waals surface area contributed by atoms with Crippen LogP contribution in [0.1, 0.15) is 98.8 Å². The van der Waals surface area contributed by atoms with Crippen molar-refractivity contribution in [2.75, 3.05) is 6.54 Å². The van der Waals surface area contributed by atoms with Crippen molar-refractivity contribution in [2.24, 2.45) is 51.6 Å². The third-order valence-electron chi connectivity index (χ3n) is 11.5. The zero-order valence-corrected chi connectivity index (χ0v) is 26.5. The van der Waals surface area contributed by atoms with E-state index in [1.54, 1.807) is 0 Å². The predicted molar refractivity (Wildman–Crippen MR) is 163 cm³/mol. The van der Waals surface area contributed by atoms with Gasteiger partial charge in [0.1, 0.15) is 6.04 Å². The van der Waals surface area contributed by atoms with Crippen molar-refractivity contribution in [3.05, 3.63) is 10.1 Å². The van der Waals surface area contributed by atoms with E-state index in [-0.39, 0.29) is 53.3 Å². The number of nitrogens with one attached hydrogen (secondary N) is 3. The Morgan fingerprint density at radius 2 is 1.91 bits per heavy atom. The Labute approximate surface area is 255 Å². The molecular formula is C30H51BN6O6. The molecule has 0 aromatic heterocycles. The van der Waals surface area contributed by atoms with Gasteiger partial charge in [0.15, 0.2) is 5.03 Å². The second kappa shape index (κ2) is 12.5. The highest BCUT2D eigenvalue weighted by atomic mass is 16.7. The molecule has 5 N–H and O–H groups in total. The van der Waals surface area contributed by atoms with Crippen molar-refractivity contribution < 1.29 is 23.9 Å². The number of fused-ring (bicyclic) bond motifs is 2. The Morgan fingerprint density at radius 1 is 1.14 bits per heavy atom. The quantitative estimate of drug-likeness (QED) is 0.0623. The van der Waals surface area contributed by atoms with Gasteiger partial charge in [0.05, 0.1) is 17.6 Å². The van der Waals surface area contributed by atoms with Gasteiger partial charge in [-0.15, -0.1) is 0 Å². The van der Waals surface area contributed by atoms with E-state index >= 15 is 0 Å². The largest absolute Gasteiger partial charge is 0.481 e. The van der Waals surface area contributed by atoms with Crippen LogP contribution in [0.5, 0.6) is 0 Å². The van der Waals surface area contributed by atoms with Gasteiger partial charge in [-0.05, 0) is 99.2 Å². The first-order valence-corrected chi connectivity index (χ1v) is 16.4. The van der Waals surface area contributed by atoms with Crippen molar-refractivity contribution in [1.29, 1.82) is 0 Å². The maximum atomic E-state index is 13.8. The minimum Gasteiger partial charge on any atom is -0.404 e. The highest BCUT2D eigenvalue weighted by Gasteiger charge is 2.68. The Kier molecular flexibility index (Phi) is 9.33. The first-order valence-electron chi connectivity index (χ1n) is 16.4. The molecule has 12 nitrogen and oxygen atoms in total. The van der Waals surface area contributed by atoms with Gasteiger partial charge < -0.3 is 25.7 Å². The van der Waals surface area contributed by atoms with E-state index in [9.17, 15) is 19.7 Å². The number of hydrazine groups is 1. The Morgan fingerprint density at radius 3 is 2.53 bits per heavy atom. The second-order valence-electron chi connectivity index (χ2n) is 15.1. The van der Waals surface area contributed by atoms with Crippen LogP contribution in [0.2, 0.25) is 0 Å². The summed E-state index contributed by atoms with van der Waals surface area (Å²) >= 11 is 0. The number of hydrogen-bond donors (Lipinski definition) is 4. The van der Waals surface area contributed by atoms with E-state index in [0.717, 1.165) is 25.2 Å². The number of nitrogens with zero attached hydrogens (tertiary/aromatic N) is 2. The van der Waals surface area contributed by atoms with E-state index in [4.69, 9.17) is 15.0 Å². The van der Waals surface area contributed by atoms with Crippen LogP contribution < -0.4 is 21.8 Å². The number of hydrogen-bond acceptors (Lipinski definition) is 7. The summed E-state index contributed by atoms with van der Waals surface area (Å²) < 4.78 is 13.3. The Bertz CT molecular complexity index is 1110. The van der Waals surface area contributed by atoms with Gasteiger partial charge in [0.25, 0.3) is 5.96 Å². The summed E-state index contributed by atoms with van der Waals surface area (Å²) in [5, 5.41) is 16.1. The molecule has 2 amide bonds. The van der Waals surface area contributed by atoms with Gasteiger partial charge in [-0.2, -0.15) is 0 Å². The molecule has 1 heterocycles. The summed E-state index contributed by atoms with van der Waals surface area (Å²) in [4.78, 5) is 41.6. The fourth-order valence-electron chi connectivity index (χ4n) is 9.11. The number of guanidine groups is 1. The molecule has 4 bridgehead atoms. The summed E-state index contributed by atoms with van der Waals surface area (Å²) in [6, 6.07) is -0.772. The van der Waals surface area contributed by atoms with Gasteiger partial charge >= 0.3 is 7.12 Å². The number of rotatable bonds is 13. The lowest BCUT2D eigenvalue weighted by molar-refractivity contribution is -0.525. The molecule has 5 saturated carbocycles. The number of carbonyl (C=O) groups is 2. The normalized spacial score (nSPS) is 35.2. The lowest BCUT2D eigenvalue weighted by Gasteiger charge is -2.64. The summed E-state index contributed by atoms with van der Waals surface area (Å²) in [5.41, 5.74) is 7.20. The highest BCUT2D eigenvalue weighted by Crippen LogP contribution is 2.65. The average Bonchev–Trinajstić information content (AvgIpc) is 3.62. The van der Waals surface area contributed by atoms with Crippen LogP contribution in [0.3, 0.4) is 0 Å². The van der Waals surface area contributed by atoms with E-state index in [2.05, 4.69) is 50.2 Å². The predicted octanol–water partition coefficient (Wildman–Crippen LogP) is 2.97. The zero-order chi connectivity index (χ0) is 31.1. The molecule has 9 atom stereocenters. The van der Waals surface area contributed by atoms with Crippen LogP contribution in [0.15, 0.2) is 4.99 Å². The zero-order valence-electron chi connectivity index (χ0n) is 26.5. The molecule has 0 spiro atoms. The topological polar surface area (TPSA) is 170 Å². The van der Waals surface area contributed by atoms with Crippen LogP contribution in [-0.2, 0) is 18.9 Å². The third-order valence-corrected chi connectivity index (χ3v) is 11.5. The third kappa shape index (κ3) is 6.82. The second-order valence-corrected chi connectivity index (χ2v) is 15.1. The molecule has 43 heavy (non-hydrogen) atoms. The van der Waals surface area contributed by atoms with Gasteiger partial charge in [0, 0.05) is 13.0 Å². The molecule has 13 heteroatoms.